The van der Waals surface area contributed by atoms with E-state index in [1.807, 2.05) is 36.4 Å². The van der Waals surface area contributed by atoms with Crippen LogP contribution in [0.3, 0.4) is 0 Å². The first-order chi connectivity index (χ1) is 15.6. The Balaban J connectivity index is 1.51. The van der Waals surface area contributed by atoms with Gasteiger partial charge in [-0.1, -0.05) is 42.5 Å². The average Bonchev–Trinajstić information content (AvgIpc) is 3.30. The third-order valence-electron chi connectivity index (χ3n) is 4.95. The summed E-state index contributed by atoms with van der Waals surface area (Å²) in [4.78, 5) is 36.3. The van der Waals surface area contributed by atoms with Crippen molar-refractivity contribution in [1.82, 2.24) is 14.9 Å². The smallest absolute Gasteiger partial charge is 0.258 e. The van der Waals surface area contributed by atoms with Gasteiger partial charge in [0.15, 0.2) is 0 Å². The van der Waals surface area contributed by atoms with Gasteiger partial charge in [0.1, 0.15) is 5.82 Å². The number of H-pyrrole nitrogens is 1. The number of amides is 1. The summed E-state index contributed by atoms with van der Waals surface area (Å²) in [6.45, 7) is 0.955. The molecule has 32 heavy (non-hydrogen) atoms. The van der Waals surface area contributed by atoms with E-state index in [-0.39, 0.29) is 18.0 Å². The number of thiophene rings is 1. The Kier molecular flexibility index (Phi) is 6.89. The molecule has 1 N–H and O–H groups in total. The van der Waals surface area contributed by atoms with Gasteiger partial charge in [0, 0.05) is 29.5 Å². The van der Waals surface area contributed by atoms with E-state index in [1.165, 1.54) is 0 Å². The molecule has 0 saturated carbocycles. The van der Waals surface area contributed by atoms with Gasteiger partial charge in [-0.15, -0.1) is 11.3 Å². The maximum Gasteiger partial charge on any atom is 0.258 e. The first-order valence-electron chi connectivity index (χ1n) is 10.2. The SMILES string of the molecule is COCCN(Cc1nc2ccccc2c(=O)[nH]1)C(=O)/C=C/c1ccc(-c2ccccc2)s1. The van der Waals surface area contributed by atoms with E-state index in [0.717, 1.165) is 15.3 Å². The predicted octanol–water partition coefficient (Wildman–Crippen LogP) is 4.34. The molecule has 0 aliphatic heterocycles. The molecule has 0 saturated heterocycles. The molecule has 0 fully saturated rings. The van der Waals surface area contributed by atoms with Crippen LogP contribution in [0.5, 0.6) is 0 Å². The normalized spacial score (nSPS) is 11.3. The van der Waals surface area contributed by atoms with Gasteiger partial charge in [-0.05, 0) is 35.9 Å². The summed E-state index contributed by atoms with van der Waals surface area (Å²) < 4.78 is 5.16. The Morgan fingerprint density at radius 2 is 1.88 bits per heavy atom. The summed E-state index contributed by atoms with van der Waals surface area (Å²) in [6, 6.07) is 21.3. The second kappa shape index (κ2) is 10.2. The minimum Gasteiger partial charge on any atom is -0.383 e. The molecule has 2 aromatic carbocycles. The van der Waals surface area contributed by atoms with Crippen LogP contribution >= 0.6 is 11.3 Å². The van der Waals surface area contributed by atoms with Crippen molar-refractivity contribution in [2.24, 2.45) is 0 Å². The largest absolute Gasteiger partial charge is 0.383 e. The van der Waals surface area contributed by atoms with Crippen molar-refractivity contribution in [3.8, 4) is 10.4 Å². The summed E-state index contributed by atoms with van der Waals surface area (Å²) in [5.41, 5.74) is 1.54. The quantitative estimate of drug-likeness (QED) is 0.410. The van der Waals surface area contributed by atoms with Gasteiger partial charge in [-0.25, -0.2) is 4.98 Å². The van der Waals surface area contributed by atoms with Crippen molar-refractivity contribution in [3.63, 3.8) is 0 Å². The topological polar surface area (TPSA) is 75.3 Å². The standard InChI is InChI=1S/C25H23N3O3S/c1-31-16-15-28(17-23-26-21-10-6-5-9-20(21)25(30)27-23)24(29)14-12-19-11-13-22(32-19)18-7-3-2-4-8-18/h2-14H,15-17H2,1H3,(H,26,27,30)/b14-12+. The second-order valence-electron chi connectivity index (χ2n) is 7.18. The minimum absolute atomic E-state index is 0.174. The van der Waals surface area contributed by atoms with E-state index in [0.29, 0.717) is 29.9 Å². The fourth-order valence-electron chi connectivity index (χ4n) is 3.32. The molecule has 0 spiro atoms. The molecule has 2 heterocycles. The van der Waals surface area contributed by atoms with Crippen LogP contribution in [0.1, 0.15) is 10.7 Å². The number of nitrogens with one attached hydrogen (secondary N) is 1. The Labute approximate surface area is 189 Å². The maximum atomic E-state index is 12.9. The van der Waals surface area contributed by atoms with Crippen LogP contribution in [-0.4, -0.2) is 41.0 Å². The van der Waals surface area contributed by atoms with Crippen molar-refractivity contribution >= 4 is 34.2 Å². The molecule has 4 aromatic rings. The molecule has 4 rings (SSSR count). The summed E-state index contributed by atoms with van der Waals surface area (Å²) in [7, 11) is 1.59. The highest BCUT2D eigenvalue weighted by Gasteiger charge is 2.14. The Bertz CT molecular complexity index is 1290. The third kappa shape index (κ3) is 5.19. The Morgan fingerprint density at radius 3 is 2.69 bits per heavy atom. The van der Waals surface area contributed by atoms with Gasteiger partial charge in [0.05, 0.1) is 24.1 Å². The summed E-state index contributed by atoms with van der Waals surface area (Å²) in [6.07, 6.45) is 3.37. The minimum atomic E-state index is -0.215. The van der Waals surface area contributed by atoms with E-state index >= 15 is 0 Å². The number of aromatic nitrogens is 2. The molecule has 0 aliphatic rings. The Hall–Kier alpha value is -3.55. The van der Waals surface area contributed by atoms with Crippen molar-refractivity contribution in [1.29, 1.82) is 0 Å². The molecule has 0 atom stereocenters. The summed E-state index contributed by atoms with van der Waals surface area (Å²) in [5.74, 6) is 0.265. The molecule has 7 heteroatoms. The van der Waals surface area contributed by atoms with E-state index in [1.54, 1.807) is 47.6 Å². The molecule has 0 radical (unpaired) electrons. The lowest BCUT2D eigenvalue weighted by atomic mass is 10.2. The fourth-order valence-corrected chi connectivity index (χ4v) is 4.23. The molecular weight excluding hydrogens is 422 g/mol. The van der Waals surface area contributed by atoms with Crippen molar-refractivity contribution in [3.05, 3.63) is 93.9 Å². The lowest BCUT2D eigenvalue weighted by Crippen LogP contribution is -2.33. The third-order valence-corrected chi connectivity index (χ3v) is 6.05. The summed E-state index contributed by atoms with van der Waals surface area (Å²) >= 11 is 1.62. The van der Waals surface area contributed by atoms with Gasteiger partial charge in [-0.2, -0.15) is 0 Å². The Morgan fingerprint density at radius 1 is 1.09 bits per heavy atom. The van der Waals surface area contributed by atoms with Crippen LogP contribution in [0.15, 0.2) is 77.6 Å². The molecule has 0 unspecified atom stereocenters. The van der Waals surface area contributed by atoms with Crippen LogP contribution in [0.2, 0.25) is 0 Å². The van der Waals surface area contributed by atoms with E-state index in [9.17, 15) is 9.59 Å². The highest BCUT2D eigenvalue weighted by Crippen LogP contribution is 2.28. The number of carbonyl (C=O) groups is 1. The van der Waals surface area contributed by atoms with Crippen LogP contribution in [0, 0.1) is 0 Å². The highest BCUT2D eigenvalue weighted by atomic mass is 32.1. The zero-order chi connectivity index (χ0) is 22.3. The number of carbonyl (C=O) groups excluding carboxylic acids is 1. The highest BCUT2D eigenvalue weighted by molar-refractivity contribution is 7.16. The zero-order valence-corrected chi connectivity index (χ0v) is 18.5. The second-order valence-corrected chi connectivity index (χ2v) is 8.30. The number of fused-ring (bicyclic) bond motifs is 1. The number of methoxy groups -OCH3 is 1. The molecule has 0 aliphatic carbocycles. The van der Waals surface area contributed by atoms with Gasteiger partial charge in [0.25, 0.3) is 5.56 Å². The van der Waals surface area contributed by atoms with Crippen LogP contribution in [0.25, 0.3) is 27.4 Å². The number of hydrogen-bond donors (Lipinski definition) is 1. The predicted molar refractivity (Wildman–Crippen MR) is 128 cm³/mol. The average molecular weight is 446 g/mol. The van der Waals surface area contributed by atoms with Crippen LogP contribution in [0.4, 0.5) is 0 Å². The van der Waals surface area contributed by atoms with Gasteiger partial charge < -0.3 is 14.6 Å². The summed E-state index contributed by atoms with van der Waals surface area (Å²) in [5, 5.41) is 0.526. The van der Waals surface area contributed by atoms with Crippen LogP contribution < -0.4 is 5.56 Å². The zero-order valence-electron chi connectivity index (χ0n) is 17.7. The van der Waals surface area contributed by atoms with Gasteiger partial charge >= 0.3 is 0 Å². The van der Waals surface area contributed by atoms with E-state index in [4.69, 9.17) is 4.74 Å². The number of nitrogens with zero attached hydrogens (tertiary/aromatic N) is 2. The number of hydrogen-bond acceptors (Lipinski definition) is 5. The molecule has 2 aromatic heterocycles. The lowest BCUT2D eigenvalue weighted by molar-refractivity contribution is -0.127. The number of benzene rings is 2. The first-order valence-corrected chi connectivity index (χ1v) is 11.0. The van der Waals surface area contributed by atoms with Crippen molar-refractivity contribution in [2.45, 2.75) is 6.54 Å². The fraction of sp³-hybridized carbons (Fsp3) is 0.160. The van der Waals surface area contributed by atoms with Gasteiger partial charge in [0.2, 0.25) is 5.91 Å². The number of aromatic amines is 1. The van der Waals surface area contributed by atoms with Crippen molar-refractivity contribution < 1.29 is 9.53 Å². The van der Waals surface area contributed by atoms with E-state index < -0.39 is 0 Å². The maximum absolute atomic E-state index is 12.9. The molecule has 0 bridgehead atoms. The number of ether oxygens (including phenoxy) is 1. The van der Waals surface area contributed by atoms with Crippen molar-refractivity contribution in [2.75, 3.05) is 20.3 Å². The molecule has 1 amide bonds. The lowest BCUT2D eigenvalue weighted by Gasteiger charge is -2.20. The molecule has 162 valence electrons. The van der Waals surface area contributed by atoms with E-state index in [2.05, 4.69) is 28.2 Å². The molecular formula is C25H23N3O3S. The van der Waals surface area contributed by atoms with Crippen LogP contribution in [-0.2, 0) is 16.1 Å². The number of para-hydroxylation sites is 1. The molecule has 6 nitrogen and oxygen atoms in total. The first kappa shape index (κ1) is 21.7. The van der Waals surface area contributed by atoms with Gasteiger partial charge in [-0.3, -0.25) is 9.59 Å². The monoisotopic (exact) mass is 445 g/mol. The number of rotatable bonds is 8.